The summed E-state index contributed by atoms with van der Waals surface area (Å²) in [6.45, 7) is 0. The van der Waals surface area contributed by atoms with Crippen molar-refractivity contribution in [1.82, 2.24) is 4.98 Å². The number of nitriles is 1. The van der Waals surface area contributed by atoms with Crippen molar-refractivity contribution in [2.45, 2.75) is 0 Å². The summed E-state index contributed by atoms with van der Waals surface area (Å²) in [5.74, 6) is 1.08. The zero-order valence-electron chi connectivity index (χ0n) is 8.52. The highest BCUT2D eigenvalue weighted by atomic mass is 79.9. The number of halogens is 2. The smallest absolute Gasteiger partial charge is 0.183 e. The van der Waals surface area contributed by atoms with E-state index in [0.717, 1.165) is 8.95 Å². The van der Waals surface area contributed by atoms with E-state index in [4.69, 9.17) is 10.00 Å². The average Bonchev–Trinajstić information content (AvgIpc) is 2.33. The first-order chi connectivity index (χ1) is 8.20. The first-order valence-corrected chi connectivity index (χ1v) is 6.27. The summed E-state index contributed by atoms with van der Waals surface area (Å²) >= 11 is 6.75. The minimum absolute atomic E-state index is 0.266. The van der Waals surface area contributed by atoms with Crippen molar-refractivity contribution >= 4 is 31.9 Å². The highest BCUT2D eigenvalue weighted by Gasteiger charge is 2.07. The van der Waals surface area contributed by atoms with Crippen LogP contribution in [0, 0.1) is 11.3 Å². The Bertz CT molecular complexity index is 593. The molecule has 0 N–H and O–H groups in total. The van der Waals surface area contributed by atoms with Crippen molar-refractivity contribution in [3.63, 3.8) is 0 Å². The molecule has 0 aliphatic heterocycles. The third-order valence-corrected chi connectivity index (χ3v) is 3.10. The van der Waals surface area contributed by atoms with Crippen molar-refractivity contribution in [2.24, 2.45) is 0 Å². The topological polar surface area (TPSA) is 45.9 Å². The molecule has 0 atom stereocenters. The summed E-state index contributed by atoms with van der Waals surface area (Å²) in [5.41, 5.74) is 0.266. The van der Waals surface area contributed by atoms with E-state index in [1.54, 1.807) is 18.3 Å². The van der Waals surface area contributed by atoms with E-state index in [1.807, 2.05) is 24.3 Å². The molecule has 3 nitrogen and oxygen atoms in total. The predicted molar refractivity (Wildman–Crippen MR) is 70.9 cm³/mol. The number of pyridine rings is 1. The fraction of sp³-hybridized carbons (Fsp3) is 0. The Morgan fingerprint density at radius 1 is 1.18 bits per heavy atom. The third-order valence-electron chi connectivity index (χ3n) is 1.99. The van der Waals surface area contributed by atoms with E-state index in [9.17, 15) is 0 Å². The molecule has 0 spiro atoms. The molecule has 0 unspecified atom stereocenters. The van der Waals surface area contributed by atoms with Gasteiger partial charge in [0, 0.05) is 10.7 Å². The zero-order valence-corrected chi connectivity index (χ0v) is 11.7. The van der Waals surface area contributed by atoms with E-state index in [0.29, 0.717) is 11.5 Å². The standard InChI is InChI=1S/C12H6Br2N2O/c13-8-3-4-11(9(14)6-8)17-12-2-1-5-16-10(12)7-15/h1-6H. The summed E-state index contributed by atoms with van der Waals surface area (Å²) in [6.07, 6.45) is 1.56. The number of aromatic nitrogens is 1. The third kappa shape index (κ3) is 2.84. The maximum atomic E-state index is 8.90. The Morgan fingerprint density at radius 3 is 2.71 bits per heavy atom. The van der Waals surface area contributed by atoms with E-state index < -0.39 is 0 Å². The molecule has 84 valence electrons. The van der Waals surface area contributed by atoms with Gasteiger partial charge in [-0.25, -0.2) is 4.98 Å². The van der Waals surface area contributed by atoms with Crippen LogP contribution < -0.4 is 4.74 Å². The molecule has 2 rings (SSSR count). The summed E-state index contributed by atoms with van der Waals surface area (Å²) in [5, 5.41) is 8.90. The fourth-order valence-electron chi connectivity index (χ4n) is 1.23. The Morgan fingerprint density at radius 2 is 2.00 bits per heavy atom. The van der Waals surface area contributed by atoms with Crippen molar-refractivity contribution in [1.29, 1.82) is 5.26 Å². The fourth-order valence-corrected chi connectivity index (χ4v) is 2.36. The second kappa shape index (κ2) is 5.30. The largest absolute Gasteiger partial charge is 0.453 e. The minimum Gasteiger partial charge on any atom is -0.453 e. The van der Waals surface area contributed by atoms with Crippen LogP contribution >= 0.6 is 31.9 Å². The lowest BCUT2D eigenvalue weighted by atomic mass is 10.3. The molecule has 5 heteroatoms. The summed E-state index contributed by atoms with van der Waals surface area (Å²) < 4.78 is 7.39. The molecule has 1 heterocycles. The van der Waals surface area contributed by atoms with Gasteiger partial charge in [0.25, 0.3) is 0 Å². The molecule has 0 aliphatic rings. The van der Waals surface area contributed by atoms with Crippen LogP contribution in [-0.2, 0) is 0 Å². The highest BCUT2D eigenvalue weighted by Crippen LogP contribution is 2.32. The van der Waals surface area contributed by atoms with Crippen LogP contribution in [0.5, 0.6) is 11.5 Å². The molecule has 0 amide bonds. The van der Waals surface area contributed by atoms with Crippen molar-refractivity contribution < 1.29 is 4.74 Å². The quantitative estimate of drug-likeness (QED) is 0.809. The first kappa shape index (κ1) is 12.1. The van der Waals surface area contributed by atoms with Gasteiger partial charge in [0.15, 0.2) is 11.4 Å². The molecule has 0 fully saturated rings. The molecule has 17 heavy (non-hydrogen) atoms. The Hall–Kier alpha value is -1.38. The lowest BCUT2D eigenvalue weighted by molar-refractivity contribution is 0.475. The van der Waals surface area contributed by atoms with E-state index in [1.165, 1.54) is 0 Å². The van der Waals surface area contributed by atoms with E-state index in [-0.39, 0.29) is 5.69 Å². The monoisotopic (exact) mass is 352 g/mol. The molecular weight excluding hydrogens is 348 g/mol. The van der Waals surface area contributed by atoms with Crippen molar-refractivity contribution in [3.8, 4) is 17.6 Å². The van der Waals surface area contributed by atoms with Gasteiger partial charge < -0.3 is 4.74 Å². The van der Waals surface area contributed by atoms with Crippen LogP contribution in [0.15, 0.2) is 45.5 Å². The maximum absolute atomic E-state index is 8.90. The Labute approximate surface area is 115 Å². The summed E-state index contributed by atoms with van der Waals surface area (Å²) in [7, 11) is 0. The minimum atomic E-state index is 0.266. The molecule has 0 saturated heterocycles. The Balaban J connectivity index is 2.35. The van der Waals surface area contributed by atoms with E-state index >= 15 is 0 Å². The Kier molecular flexibility index (Phi) is 3.77. The molecule has 1 aromatic carbocycles. The number of hydrogen-bond acceptors (Lipinski definition) is 3. The van der Waals surface area contributed by atoms with Crippen molar-refractivity contribution in [2.75, 3.05) is 0 Å². The summed E-state index contributed by atoms with van der Waals surface area (Å²) in [4.78, 5) is 3.93. The van der Waals surface area contributed by atoms with Gasteiger partial charge in [-0.05, 0) is 46.3 Å². The van der Waals surface area contributed by atoms with Gasteiger partial charge in [0.05, 0.1) is 4.47 Å². The zero-order chi connectivity index (χ0) is 12.3. The molecule has 1 aromatic heterocycles. The van der Waals surface area contributed by atoms with Crippen LogP contribution in [0.2, 0.25) is 0 Å². The van der Waals surface area contributed by atoms with Gasteiger partial charge >= 0.3 is 0 Å². The normalized spacial score (nSPS) is 9.71. The van der Waals surface area contributed by atoms with Crippen LogP contribution in [0.25, 0.3) is 0 Å². The molecule has 0 aliphatic carbocycles. The van der Waals surface area contributed by atoms with Gasteiger partial charge in [-0.2, -0.15) is 5.26 Å². The first-order valence-electron chi connectivity index (χ1n) is 4.69. The van der Waals surface area contributed by atoms with Crippen LogP contribution in [-0.4, -0.2) is 4.98 Å². The molecule has 0 saturated carbocycles. The lowest BCUT2D eigenvalue weighted by Crippen LogP contribution is -1.91. The maximum Gasteiger partial charge on any atom is 0.183 e. The SMILES string of the molecule is N#Cc1ncccc1Oc1ccc(Br)cc1Br. The number of nitrogens with zero attached hydrogens (tertiary/aromatic N) is 2. The second-order valence-electron chi connectivity index (χ2n) is 3.14. The molecule has 0 bridgehead atoms. The highest BCUT2D eigenvalue weighted by molar-refractivity contribution is 9.11. The van der Waals surface area contributed by atoms with Gasteiger partial charge in [0.2, 0.25) is 0 Å². The number of ether oxygens (including phenoxy) is 1. The molecule has 0 radical (unpaired) electrons. The average molecular weight is 354 g/mol. The van der Waals surface area contributed by atoms with E-state index in [2.05, 4.69) is 36.8 Å². The van der Waals surface area contributed by atoms with Gasteiger partial charge in [-0.1, -0.05) is 15.9 Å². The summed E-state index contributed by atoms with van der Waals surface area (Å²) in [6, 6.07) is 11.0. The number of benzene rings is 1. The number of rotatable bonds is 2. The van der Waals surface area contributed by atoms with Crippen LogP contribution in [0.3, 0.4) is 0 Å². The van der Waals surface area contributed by atoms with Crippen LogP contribution in [0.4, 0.5) is 0 Å². The van der Waals surface area contributed by atoms with Crippen LogP contribution in [0.1, 0.15) is 5.69 Å². The number of hydrogen-bond donors (Lipinski definition) is 0. The molecule has 2 aromatic rings. The second-order valence-corrected chi connectivity index (χ2v) is 4.91. The predicted octanol–water partition coefficient (Wildman–Crippen LogP) is 4.27. The molecular formula is C12H6Br2N2O. The lowest BCUT2D eigenvalue weighted by Gasteiger charge is -2.08. The van der Waals surface area contributed by atoms with Gasteiger partial charge in [-0.15, -0.1) is 0 Å². The van der Waals surface area contributed by atoms with Crippen molar-refractivity contribution in [3.05, 3.63) is 51.2 Å². The van der Waals surface area contributed by atoms with Gasteiger partial charge in [-0.3, -0.25) is 0 Å². The van der Waals surface area contributed by atoms with Gasteiger partial charge in [0.1, 0.15) is 11.8 Å².